The third kappa shape index (κ3) is 4.36. The lowest BCUT2D eigenvalue weighted by Gasteiger charge is -2.12. The number of halogens is 1. The van der Waals surface area contributed by atoms with Crippen LogP contribution in [0, 0.1) is 5.41 Å². The van der Waals surface area contributed by atoms with Crippen LogP contribution in [0.1, 0.15) is 18.9 Å². The maximum atomic E-state index is 7.50. The highest BCUT2D eigenvalue weighted by atomic mass is 79.9. The second-order valence-electron chi connectivity index (χ2n) is 3.49. The van der Waals surface area contributed by atoms with E-state index in [0.717, 1.165) is 17.5 Å². The van der Waals surface area contributed by atoms with Gasteiger partial charge in [0.25, 0.3) is 0 Å². The fraction of sp³-hybridized carbons (Fsp3) is 0.417. The first kappa shape index (κ1) is 14.0. The Morgan fingerprint density at radius 3 is 2.76 bits per heavy atom. The summed E-state index contributed by atoms with van der Waals surface area (Å²) >= 11 is 3.35. The molecule has 4 nitrogen and oxygen atoms in total. The Bertz CT molecular complexity index is 383. The number of hydrogen-bond acceptors (Lipinski definition) is 3. The average molecular weight is 301 g/mol. The molecule has 0 spiro atoms. The van der Waals surface area contributed by atoms with Crippen LogP contribution >= 0.6 is 15.9 Å². The van der Waals surface area contributed by atoms with E-state index in [2.05, 4.69) is 22.9 Å². The molecule has 0 unspecified atom stereocenters. The van der Waals surface area contributed by atoms with E-state index in [0.29, 0.717) is 24.5 Å². The van der Waals surface area contributed by atoms with Crippen molar-refractivity contribution in [2.75, 3.05) is 19.8 Å². The van der Waals surface area contributed by atoms with E-state index in [1.807, 2.05) is 12.1 Å². The number of nitrogens with one attached hydrogen (secondary N) is 1. The van der Waals surface area contributed by atoms with Crippen LogP contribution in [0.4, 0.5) is 0 Å². The molecule has 0 atom stereocenters. The average Bonchev–Trinajstić information content (AvgIpc) is 2.28. The first-order valence-corrected chi connectivity index (χ1v) is 6.29. The summed E-state index contributed by atoms with van der Waals surface area (Å²) in [5.74, 6) is 0.592. The van der Waals surface area contributed by atoms with Gasteiger partial charge in [0, 0.05) is 11.1 Å². The van der Waals surface area contributed by atoms with Crippen LogP contribution in [0.2, 0.25) is 0 Å². The van der Waals surface area contributed by atoms with Crippen LogP contribution in [0.25, 0.3) is 0 Å². The van der Waals surface area contributed by atoms with Gasteiger partial charge in [-0.2, -0.15) is 0 Å². The fourth-order valence-corrected chi connectivity index (χ4v) is 1.90. The molecule has 0 aromatic heterocycles. The van der Waals surface area contributed by atoms with Crippen molar-refractivity contribution in [3.05, 3.63) is 28.2 Å². The third-order valence-electron chi connectivity index (χ3n) is 2.08. The van der Waals surface area contributed by atoms with Gasteiger partial charge in [-0.1, -0.05) is 13.0 Å². The standard InChI is InChI=1S/C12H17BrN2O2/c1-2-6-16-7-8-17-10-5-3-4-9(13)11(10)12(14)15/h3-5H,2,6-8H2,1H3,(H3,14,15). The summed E-state index contributed by atoms with van der Waals surface area (Å²) in [7, 11) is 0. The maximum absolute atomic E-state index is 7.50. The van der Waals surface area contributed by atoms with Crippen LogP contribution in [0.5, 0.6) is 5.75 Å². The Balaban J connectivity index is 2.58. The number of benzene rings is 1. The topological polar surface area (TPSA) is 68.3 Å². The van der Waals surface area contributed by atoms with Crippen LogP contribution < -0.4 is 10.5 Å². The van der Waals surface area contributed by atoms with E-state index in [1.54, 1.807) is 6.07 Å². The minimum Gasteiger partial charge on any atom is -0.490 e. The van der Waals surface area contributed by atoms with Gasteiger partial charge in [-0.05, 0) is 34.5 Å². The van der Waals surface area contributed by atoms with E-state index in [9.17, 15) is 0 Å². The van der Waals surface area contributed by atoms with Crippen molar-refractivity contribution in [1.29, 1.82) is 5.41 Å². The lowest BCUT2D eigenvalue weighted by molar-refractivity contribution is 0.101. The monoisotopic (exact) mass is 300 g/mol. The van der Waals surface area contributed by atoms with Gasteiger partial charge < -0.3 is 15.2 Å². The van der Waals surface area contributed by atoms with Crippen molar-refractivity contribution >= 4 is 21.8 Å². The molecule has 1 aromatic carbocycles. The summed E-state index contributed by atoms with van der Waals surface area (Å²) in [6.07, 6.45) is 0.996. The highest BCUT2D eigenvalue weighted by Crippen LogP contribution is 2.26. The molecule has 3 N–H and O–H groups in total. The van der Waals surface area contributed by atoms with Gasteiger partial charge in [0.15, 0.2) is 0 Å². The van der Waals surface area contributed by atoms with Gasteiger partial charge in [-0.25, -0.2) is 0 Å². The van der Waals surface area contributed by atoms with E-state index < -0.39 is 0 Å². The quantitative estimate of drug-likeness (QED) is 0.462. The Kier molecular flexibility index (Phi) is 6.00. The van der Waals surface area contributed by atoms with Crippen molar-refractivity contribution in [2.45, 2.75) is 13.3 Å². The molecule has 1 aromatic rings. The Labute approximate surface area is 110 Å². The summed E-state index contributed by atoms with van der Waals surface area (Å²) in [6, 6.07) is 5.47. The molecule has 1 rings (SSSR count). The lowest BCUT2D eigenvalue weighted by atomic mass is 10.2. The van der Waals surface area contributed by atoms with Gasteiger partial charge in [0.2, 0.25) is 0 Å². The zero-order chi connectivity index (χ0) is 12.7. The van der Waals surface area contributed by atoms with Crippen molar-refractivity contribution in [3.63, 3.8) is 0 Å². The number of hydrogen-bond donors (Lipinski definition) is 2. The summed E-state index contributed by atoms with van der Waals surface area (Å²) in [4.78, 5) is 0. The van der Waals surface area contributed by atoms with Crippen molar-refractivity contribution < 1.29 is 9.47 Å². The second-order valence-corrected chi connectivity index (χ2v) is 4.34. The molecule has 0 fully saturated rings. The zero-order valence-electron chi connectivity index (χ0n) is 9.83. The molecular weight excluding hydrogens is 284 g/mol. The number of nitrogen functional groups attached to an aromatic ring is 1. The molecule has 0 amide bonds. The largest absolute Gasteiger partial charge is 0.490 e. The second kappa shape index (κ2) is 7.29. The van der Waals surface area contributed by atoms with Crippen molar-refractivity contribution in [3.8, 4) is 5.75 Å². The number of nitrogens with two attached hydrogens (primary N) is 1. The maximum Gasteiger partial charge on any atom is 0.131 e. The number of amidine groups is 1. The smallest absolute Gasteiger partial charge is 0.131 e. The predicted molar refractivity (Wildman–Crippen MR) is 71.8 cm³/mol. The highest BCUT2D eigenvalue weighted by Gasteiger charge is 2.10. The molecule has 0 aliphatic rings. The normalized spacial score (nSPS) is 10.2. The molecule has 0 radical (unpaired) electrons. The van der Waals surface area contributed by atoms with Crippen molar-refractivity contribution in [1.82, 2.24) is 0 Å². The molecule has 0 heterocycles. The molecule has 94 valence electrons. The zero-order valence-corrected chi connectivity index (χ0v) is 11.4. The lowest BCUT2D eigenvalue weighted by Crippen LogP contribution is -2.15. The molecule has 17 heavy (non-hydrogen) atoms. The fourth-order valence-electron chi connectivity index (χ4n) is 1.34. The van der Waals surface area contributed by atoms with Gasteiger partial charge in [-0.3, -0.25) is 5.41 Å². The Morgan fingerprint density at radius 1 is 1.35 bits per heavy atom. The summed E-state index contributed by atoms with van der Waals surface area (Å²) in [6.45, 7) is 3.79. The summed E-state index contributed by atoms with van der Waals surface area (Å²) < 4.78 is 11.6. The minimum absolute atomic E-state index is 0.0121. The van der Waals surface area contributed by atoms with Crippen LogP contribution in [-0.2, 0) is 4.74 Å². The first-order valence-electron chi connectivity index (χ1n) is 5.50. The Morgan fingerprint density at radius 2 is 2.12 bits per heavy atom. The first-order chi connectivity index (χ1) is 8.16. The molecular formula is C12H17BrN2O2. The van der Waals surface area contributed by atoms with E-state index in [1.165, 1.54) is 0 Å². The third-order valence-corrected chi connectivity index (χ3v) is 2.74. The van der Waals surface area contributed by atoms with Gasteiger partial charge in [0.05, 0.1) is 12.2 Å². The van der Waals surface area contributed by atoms with Gasteiger partial charge >= 0.3 is 0 Å². The molecule has 0 saturated carbocycles. The molecule has 0 aliphatic carbocycles. The predicted octanol–water partition coefficient (Wildman–Crippen LogP) is 2.54. The van der Waals surface area contributed by atoms with Gasteiger partial charge in [0.1, 0.15) is 18.2 Å². The van der Waals surface area contributed by atoms with Crippen LogP contribution in [0.3, 0.4) is 0 Å². The van der Waals surface area contributed by atoms with Crippen LogP contribution in [0.15, 0.2) is 22.7 Å². The Hall–Kier alpha value is -1.07. The minimum atomic E-state index is -0.0121. The van der Waals surface area contributed by atoms with E-state index >= 15 is 0 Å². The molecule has 0 bridgehead atoms. The van der Waals surface area contributed by atoms with Gasteiger partial charge in [-0.15, -0.1) is 0 Å². The van der Waals surface area contributed by atoms with Crippen molar-refractivity contribution in [2.24, 2.45) is 5.73 Å². The molecule has 5 heteroatoms. The van der Waals surface area contributed by atoms with E-state index in [4.69, 9.17) is 20.6 Å². The number of ether oxygens (including phenoxy) is 2. The molecule has 0 saturated heterocycles. The summed E-state index contributed by atoms with van der Waals surface area (Å²) in [5, 5.41) is 7.50. The highest BCUT2D eigenvalue weighted by molar-refractivity contribution is 9.10. The SMILES string of the molecule is CCCOCCOc1cccc(Br)c1C(=N)N. The number of rotatable bonds is 7. The molecule has 0 aliphatic heterocycles. The summed E-state index contributed by atoms with van der Waals surface area (Å²) in [5.41, 5.74) is 6.10. The van der Waals surface area contributed by atoms with Crippen LogP contribution in [-0.4, -0.2) is 25.7 Å². The van der Waals surface area contributed by atoms with E-state index in [-0.39, 0.29) is 5.84 Å².